The number of benzene rings is 3. The van der Waals surface area contributed by atoms with Gasteiger partial charge in [-0.2, -0.15) is 18.3 Å². The molecule has 0 heterocycles. The Hall–Kier alpha value is -3.86. The number of para-hydroxylation sites is 1. The van der Waals surface area contributed by atoms with Crippen LogP contribution in [0.15, 0.2) is 84.0 Å². The van der Waals surface area contributed by atoms with E-state index in [1.165, 1.54) is 37.3 Å². The molecule has 0 saturated heterocycles. The van der Waals surface area contributed by atoms with E-state index in [2.05, 4.69) is 10.5 Å². The zero-order valence-corrected chi connectivity index (χ0v) is 19.5. The Balaban J connectivity index is 1.75. The summed E-state index contributed by atoms with van der Waals surface area (Å²) in [5, 5.41) is 3.59. The van der Waals surface area contributed by atoms with Gasteiger partial charge in [-0.1, -0.05) is 36.4 Å². The van der Waals surface area contributed by atoms with Crippen LogP contribution in [0.25, 0.3) is 0 Å². The number of amides is 1. The third kappa shape index (κ3) is 6.82. The van der Waals surface area contributed by atoms with Crippen LogP contribution in [-0.2, 0) is 21.0 Å². The van der Waals surface area contributed by atoms with Gasteiger partial charge in [0.05, 0.1) is 23.7 Å². The van der Waals surface area contributed by atoms with Crippen molar-refractivity contribution in [2.24, 2.45) is 5.10 Å². The molecule has 3 aromatic rings. The summed E-state index contributed by atoms with van der Waals surface area (Å²) in [6.07, 6.45) is -2.80. The molecule has 0 saturated carbocycles. The summed E-state index contributed by atoms with van der Waals surface area (Å²) in [7, 11) is -3.91. The lowest BCUT2D eigenvalue weighted by Crippen LogP contribution is -2.46. The summed E-state index contributed by atoms with van der Waals surface area (Å²) in [6, 6.07) is 18.5. The molecule has 1 atom stereocenters. The lowest BCUT2D eigenvalue weighted by Gasteiger charge is -2.27. The molecule has 3 rings (SSSR count). The Kier molecular flexibility index (Phi) is 7.80. The Labute approximate surface area is 200 Å². The number of halogens is 3. The molecule has 0 unspecified atom stereocenters. The second-order valence-electron chi connectivity index (χ2n) is 7.46. The van der Waals surface area contributed by atoms with Gasteiger partial charge in [0.2, 0.25) is 10.0 Å². The van der Waals surface area contributed by atoms with E-state index >= 15 is 0 Å². The number of carbonyl (C=O) groups excluding carboxylic acids is 1. The molecule has 0 bridgehead atoms. The second-order valence-corrected chi connectivity index (χ2v) is 9.32. The molecule has 0 aromatic heterocycles. The molecular weight excluding hydrogens is 483 g/mol. The lowest BCUT2D eigenvalue weighted by molar-refractivity contribution is -0.137. The fourth-order valence-electron chi connectivity index (χ4n) is 3.22. The van der Waals surface area contributed by atoms with Crippen molar-refractivity contribution >= 4 is 27.8 Å². The monoisotopic (exact) mass is 505 g/mol. The second kappa shape index (κ2) is 10.6. The zero-order valence-electron chi connectivity index (χ0n) is 18.7. The highest BCUT2D eigenvalue weighted by atomic mass is 32.2. The fraction of sp³-hybridized carbons (Fsp3) is 0.167. The highest BCUT2D eigenvalue weighted by molar-refractivity contribution is 7.92. The molecule has 0 aliphatic rings. The summed E-state index contributed by atoms with van der Waals surface area (Å²) < 4.78 is 70.8. The minimum Gasteiger partial charge on any atom is -0.457 e. The Morgan fingerprint density at radius 2 is 1.54 bits per heavy atom. The smallest absolute Gasteiger partial charge is 0.417 e. The summed E-state index contributed by atoms with van der Waals surface area (Å²) in [4.78, 5) is 12.6. The van der Waals surface area contributed by atoms with Gasteiger partial charge in [-0.3, -0.25) is 9.10 Å². The Bertz CT molecular complexity index is 1300. The van der Waals surface area contributed by atoms with Crippen molar-refractivity contribution < 1.29 is 31.1 Å². The number of anilines is 1. The SMILES string of the molecule is C[C@@H](C(=O)N/N=C\c1ccccc1C(F)(F)F)N(c1ccc(Oc2ccccc2)cc1)S(C)(=O)=O. The van der Waals surface area contributed by atoms with Gasteiger partial charge in [0, 0.05) is 5.56 Å². The number of hydrazone groups is 1. The molecular formula is C24H22F3N3O4S. The summed E-state index contributed by atoms with van der Waals surface area (Å²) in [6.45, 7) is 1.34. The molecule has 0 radical (unpaired) electrons. The van der Waals surface area contributed by atoms with Crippen molar-refractivity contribution in [1.82, 2.24) is 5.43 Å². The van der Waals surface area contributed by atoms with Crippen LogP contribution in [0.3, 0.4) is 0 Å². The molecule has 184 valence electrons. The largest absolute Gasteiger partial charge is 0.457 e. The summed E-state index contributed by atoms with van der Waals surface area (Å²) >= 11 is 0. The van der Waals surface area contributed by atoms with Crippen molar-refractivity contribution in [3.05, 3.63) is 90.0 Å². The number of sulfonamides is 1. The highest BCUT2D eigenvalue weighted by Gasteiger charge is 2.33. The number of nitrogens with one attached hydrogen (secondary N) is 1. The number of carbonyl (C=O) groups is 1. The first kappa shape index (κ1) is 25.8. The first-order chi connectivity index (χ1) is 16.5. The number of hydrogen-bond acceptors (Lipinski definition) is 5. The van der Waals surface area contributed by atoms with Gasteiger partial charge < -0.3 is 4.74 Å². The van der Waals surface area contributed by atoms with Gasteiger partial charge in [0.25, 0.3) is 5.91 Å². The minimum atomic E-state index is -4.59. The molecule has 1 N–H and O–H groups in total. The summed E-state index contributed by atoms with van der Waals surface area (Å²) in [5.74, 6) is 0.220. The molecule has 0 aliphatic carbocycles. The third-order valence-electron chi connectivity index (χ3n) is 4.80. The maximum absolute atomic E-state index is 13.1. The zero-order chi connectivity index (χ0) is 25.6. The molecule has 11 heteroatoms. The van der Waals surface area contributed by atoms with Gasteiger partial charge in [-0.15, -0.1) is 0 Å². The highest BCUT2D eigenvalue weighted by Crippen LogP contribution is 2.31. The van der Waals surface area contributed by atoms with E-state index in [0.29, 0.717) is 11.5 Å². The van der Waals surface area contributed by atoms with Crippen LogP contribution in [0.1, 0.15) is 18.1 Å². The van der Waals surface area contributed by atoms with Crippen molar-refractivity contribution in [2.75, 3.05) is 10.6 Å². The maximum atomic E-state index is 13.1. The topological polar surface area (TPSA) is 88.1 Å². The quantitative estimate of drug-likeness (QED) is 0.352. The lowest BCUT2D eigenvalue weighted by atomic mass is 10.1. The molecule has 3 aromatic carbocycles. The van der Waals surface area contributed by atoms with Crippen LogP contribution in [-0.4, -0.2) is 32.8 Å². The van der Waals surface area contributed by atoms with E-state index in [1.807, 2.05) is 6.07 Å². The van der Waals surface area contributed by atoms with Crippen LogP contribution in [0.4, 0.5) is 18.9 Å². The van der Waals surface area contributed by atoms with Gasteiger partial charge in [0.15, 0.2) is 0 Å². The van der Waals surface area contributed by atoms with E-state index in [-0.39, 0.29) is 11.3 Å². The standard InChI is InChI=1S/C24H22F3N3O4S/c1-17(23(31)29-28-16-18-8-6-7-11-22(18)24(25,26)27)30(35(2,32)33)19-12-14-21(15-13-19)34-20-9-4-3-5-10-20/h3-17H,1-2H3,(H,29,31)/b28-16-/t17-/m0/s1. The summed E-state index contributed by atoms with van der Waals surface area (Å²) in [5.41, 5.74) is 1.14. The average Bonchev–Trinajstić information content (AvgIpc) is 2.79. The van der Waals surface area contributed by atoms with E-state index in [9.17, 15) is 26.4 Å². The van der Waals surface area contributed by atoms with Crippen molar-refractivity contribution in [1.29, 1.82) is 0 Å². The number of alkyl halides is 3. The van der Waals surface area contributed by atoms with Crippen molar-refractivity contribution in [3.8, 4) is 11.5 Å². The van der Waals surface area contributed by atoms with Crippen molar-refractivity contribution in [3.63, 3.8) is 0 Å². The first-order valence-electron chi connectivity index (χ1n) is 10.3. The third-order valence-corrected chi connectivity index (χ3v) is 6.04. The minimum absolute atomic E-state index is 0.196. The fourth-order valence-corrected chi connectivity index (χ4v) is 4.40. The van der Waals surface area contributed by atoms with Gasteiger partial charge in [-0.25, -0.2) is 13.8 Å². The van der Waals surface area contributed by atoms with E-state index in [0.717, 1.165) is 22.8 Å². The normalized spacial score (nSPS) is 12.8. The molecule has 0 aliphatic heterocycles. The molecule has 0 spiro atoms. The Morgan fingerprint density at radius 1 is 0.971 bits per heavy atom. The number of ether oxygens (including phenoxy) is 1. The average molecular weight is 506 g/mol. The maximum Gasteiger partial charge on any atom is 0.417 e. The molecule has 0 fully saturated rings. The van der Waals surface area contributed by atoms with Crippen LogP contribution < -0.4 is 14.5 Å². The van der Waals surface area contributed by atoms with Gasteiger partial charge in [-0.05, 0) is 49.4 Å². The van der Waals surface area contributed by atoms with Crippen LogP contribution >= 0.6 is 0 Å². The van der Waals surface area contributed by atoms with Crippen LogP contribution in [0.5, 0.6) is 11.5 Å². The van der Waals surface area contributed by atoms with Crippen LogP contribution in [0.2, 0.25) is 0 Å². The van der Waals surface area contributed by atoms with Crippen LogP contribution in [0, 0.1) is 0 Å². The van der Waals surface area contributed by atoms with Gasteiger partial charge in [0.1, 0.15) is 17.5 Å². The molecule has 7 nitrogen and oxygen atoms in total. The Morgan fingerprint density at radius 3 is 2.14 bits per heavy atom. The molecule has 1 amide bonds. The van der Waals surface area contributed by atoms with E-state index in [4.69, 9.17) is 4.74 Å². The number of nitrogens with zero attached hydrogens (tertiary/aromatic N) is 2. The number of hydrogen-bond donors (Lipinski definition) is 1. The number of rotatable bonds is 8. The molecule has 35 heavy (non-hydrogen) atoms. The predicted octanol–water partition coefficient (Wildman–Crippen LogP) is 4.80. The van der Waals surface area contributed by atoms with E-state index in [1.54, 1.807) is 36.4 Å². The van der Waals surface area contributed by atoms with Crippen molar-refractivity contribution in [2.45, 2.75) is 19.1 Å². The predicted molar refractivity (Wildman–Crippen MR) is 127 cm³/mol. The van der Waals surface area contributed by atoms with E-state index < -0.39 is 33.7 Å². The first-order valence-corrected chi connectivity index (χ1v) is 12.1. The van der Waals surface area contributed by atoms with Gasteiger partial charge >= 0.3 is 6.18 Å².